The zero-order valence-corrected chi connectivity index (χ0v) is 15.2. The van der Waals surface area contributed by atoms with Gasteiger partial charge in [-0.1, -0.05) is 31.6 Å². The van der Waals surface area contributed by atoms with Crippen LogP contribution in [0.3, 0.4) is 0 Å². The monoisotopic (exact) mass is 335 g/mol. The lowest BCUT2D eigenvalue weighted by molar-refractivity contribution is -0.118. The van der Waals surface area contributed by atoms with Crippen LogP contribution in [-0.4, -0.2) is 38.8 Å². The third-order valence-corrected chi connectivity index (χ3v) is 3.93. The molecule has 2 N–H and O–H groups in total. The lowest BCUT2D eigenvalue weighted by atomic mass is 10.1. The molecule has 0 unspecified atom stereocenters. The Bertz CT molecular complexity index is 486. The largest absolute Gasteiger partial charge is 0.385 e. The van der Waals surface area contributed by atoms with Crippen molar-refractivity contribution in [2.24, 2.45) is 0 Å². The Labute approximate surface area is 145 Å². The molecule has 0 fully saturated rings. The molecule has 0 aliphatic carbocycles. The van der Waals surface area contributed by atoms with E-state index in [-0.39, 0.29) is 11.7 Å². The van der Waals surface area contributed by atoms with E-state index in [1.807, 2.05) is 14.1 Å². The Balaban J connectivity index is 2.11. The summed E-state index contributed by atoms with van der Waals surface area (Å²) < 4.78 is 0. The summed E-state index contributed by atoms with van der Waals surface area (Å²) in [5.74, 6) is 0.272. The number of thiol groups is 1. The standard InChI is InChI=1S/C18H29N3OS/c1-15(16-8-10-17(11-9-16)21(2)3)19-12-6-4-5-7-13-20-18(22)14-23/h8-11,19,23H,1,4-7,12-14H2,2-3H3,(H,20,22). The van der Waals surface area contributed by atoms with Gasteiger partial charge >= 0.3 is 0 Å². The Morgan fingerprint density at radius 2 is 1.61 bits per heavy atom. The molecule has 128 valence electrons. The highest BCUT2D eigenvalue weighted by molar-refractivity contribution is 7.81. The molecule has 4 nitrogen and oxygen atoms in total. The van der Waals surface area contributed by atoms with E-state index in [1.54, 1.807) is 0 Å². The van der Waals surface area contributed by atoms with Crippen LogP contribution < -0.4 is 15.5 Å². The van der Waals surface area contributed by atoms with Crippen molar-refractivity contribution in [3.05, 3.63) is 36.4 Å². The zero-order valence-electron chi connectivity index (χ0n) is 14.3. The number of rotatable bonds is 11. The summed E-state index contributed by atoms with van der Waals surface area (Å²) in [6, 6.07) is 8.38. The first-order valence-electron chi connectivity index (χ1n) is 8.12. The van der Waals surface area contributed by atoms with Gasteiger partial charge in [0, 0.05) is 38.6 Å². The molecule has 0 aromatic heterocycles. The summed E-state index contributed by atoms with van der Waals surface area (Å²) >= 11 is 3.92. The fraction of sp³-hybridized carbons (Fsp3) is 0.500. The second kappa shape index (κ2) is 11.0. The second-order valence-electron chi connectivity index (χ2n) is 5.77. The van der Waals surface area contributed by atoms with E-state index in [2.05, 4.69) is 59.0 Å². The van der Waals surface area contributed by atoms with E-state index in [9.17, 15) is 4.79 Å². The lowest BCUT2D eigenvalue weighted by Crippen LogP contribution is -2.25. The zero-order chi connectivity index (χ0) is 17.1. The van der Waals surface area contributed by atoms with Gasteiger partial charge < -0.3 is 15.5 Å². The average molecular weight is 336 g/mol. The summed E-state index contributed by atoms with van der Waals surface area (Å²) in [4.78, 5) is 13.1. The van der Waals surface area contributed by atoms with Gasteiger partial charge in [-0.25, -0.2) is 0 Å². The molecule has 5 heteroatoms. The number of anilines is 1. The van der Waals surface area contributed by atoms with Crippen LogP contribution in [0.25, 0.3) is 5.70 Å². The molecule has 0 atom stereocenters. The van der Waals surface area contributed by atoms with Gasteiger partial charge in [0.15, 0.2) is 0 Å². The molecule has 0 spiro atoms. The molecule has 0 heterocycles. The summed E-state index contributed by atoms with van der Waals surface area (Å²) in [6.07, 6.45) is 4.40. The van der Waals surface area contributed by atoms with E-state index in [0.717, 1.165) is 50.0 Å². The maximum absolute atomic E-state index is 11.0. The van der Waals surface area contributed by atoms with Crippen molar-refractivity contribution in [1.82, 2.24) is 10.6 Å². The number of nitrogens with one attached hydrogen (secondary N) is 2. The molecular formula is C18H29N3OS. The minimum Gasteiger partial charge on any atom is -0.385 e. The Kier molecular flexibility index (Phi) is 9.29. The average Bonchev–Trinajstić information content (AvgIpc) is 2.56. The van der Waals surface area contributed by atoms with Crippen molar-refractivity contribution >= 4 is 29.9 Å². The summed E-state index contributed by atoms with van der Waals surface area (Å²) in [7, 11) is 4.07. The van der Waals surface area contributed by atoms with Gasteiger partial charge in [0.25, 0.3) is 0 Å². The normalized spacial score (nSPS) is 10.2. The topological polar surface area (TPSA) is 44.4 Å². The number of hydrogen-bond acceptors (Lipinski definition) is 4. The van der Waals surface area contributed by atoms with Gasteiger partial charge in [-0.2, -0.15) is 12.6 Å². The van der Waals surface area contributed by atoms with Gasteiger partial charge in [-0.3, -0.25) is 4.79 Å². The molecule has 0 saturated heterocycles. The summed E-state index contributed by atoms with van der Waals surface area (Å²) in [6.45, 7) is 5.77. The van der Waals surface area contributed by atoms with Crippen LogP contribution in [0.2, 0.25) is 0 Å². The van der Waals surface area contributed by atoms with E-state index >= 15 is 0 Å². The fourth-order valence-corrected chi connectivity index (χ4v) is 2.30. The predicted octanol–water partition coefficient (Wildman–Crippen LogP) is 2.92. The van der Waals surface area contributed by atoms with Gasteiger partial charge in [0.1, 0.15) is 0 Å². The van der Waals surface area contributed by atoms with Gasteiger partial charge in [0.05, 0.1) is 5.75 Å². The third-order valence-electron chi connectivity index (χ3n) is 3.64. The molecule has 1 aromatic rings. The molecule has 0 aliphatic rings. The number of carbonyl (C=O) groups excluding carboxylic acids is 1. The van der Waals surface area contributed by atoms with Crippen LogP contribution in [0, 0.1) is 0 Å². The number of benzene rings is 1. The Morgan fingerprint density at radius 3 is 2.13 bits per heavy atom. The first-order valence-corrected chi connectivity index (χ1v) is 8.76. The number of amides is 1. The molecular weight excluding hydrogens is 306 g/mol. The highest BCUT2D eigenvalue weighted by Gasteiger charge is 2.00. The smallest absolute Gasteiger partial charge is 0.229 e. The van der Waals surface area contributed by atoms with Crippen LogP contribution >= 0.6 is 12.6 Å². The van der Waals surface area contributed by atoms with Crippen molar-refractivity contribution in [3.8, 4) is 0 Å². The minimum absolute atomic E-state index is 0.00610. The van der Waals surface area contributed by atoms with Crippen molar-refractivity contribution in [2.45, 2.75) is 25.7 Å². The van der Waals surface area contributed by atoms with Crippen molar-refractivity contribution < 1.29 is 4.79 Å². The Morgan fingerprint density at radius 1 is 1.04 bits per heavy atom. The molecule has 0 saturated carbocycles. The molecule has 0 bridgehead atoms. The van der Waals surface area contributed by atoms with Crippen molar-refractivity contribution in [3.63, 3.8) is 0 Å². The summed E-state index contributed by atoms with van der Waals surface area (Å²) in [5, 5.41) is 6.20. The quantitative estimate of drug-likeness (QED) is 0.430. The lowest BCUT2D eigenvalue weighted by Gasteiger charge is -2.14. The maximum atomic E-state index is 11.0. The van der Waals surface area contributed by atoms with E-state index in [1.165, 1.54) is 5.69 Å². The SMILES string of the molecule is C=C(NCCCCCCNC(=O)CS)c1ccc(N(C)C)cc1. The first kappa shape index (κ1) is 19.4. The van der Waals surface area contributed by atoms with Gasteiger partial charge in [-0.15, -0.1) is 0 Å². The number of hydrogen-bond donors (Lipinski definition) is 3. The maximum Gasteiger partial charge on any atom is 0.229 e. The van der Waals surface area contributed by atoms with Crippen LogP contribution in [0.5, 0.6) is 0 Å². The molecule has 1 aromatic carbocycles. The summed E-state index contributed by atoms with van der Waals surface area (Å²) in [5.41, 5.74) is 3.29. The fourth-order valence-electron chi connectivity index (χ4n) is 2.19. The second-order valence-corrected chi connectivity index (χ2v) is 6.09. The molecule has 0 aliphatic heterocycles. The number of carbonyl (C=O) groups is 1. The van der Waals surface area contributed by atoms with Gasteiger partial charge in [0.2, 0.25) is 5.91 Å². The number of unbranched alkanes of at least 4 members (excludes halogenated alkanes) is 3. The Hall–Kier alpha value is -1.62. The molecule has 1 rings (SSSR count). The predicted molar refractivity (Wildman–Crippen MR) is 103 cm³/mol. The van der Waals surface area contributed by atoms with E-state index in [4.69, 9.17) is 0 Å². The third kappa shape index (κ3) is 7.98. The molecule has 0 radical (unpaired) electrons. The van der Waals surface area contributed by atoms with E-state index < -0.39 is 0 Å². The van der Waals surface area contributed by atoms with Gasteiger partial charge in [-0.05, 0) is 30.5 Å². The minimum atomic E-state index is 0.00610. The molecule has 23 heavy (non-hydrogen) atoms. The molecule has 1 amide bonds. The van der Waals surface area contributed by atoms with Crippen molar-refractivity contribution in [2.75, 3.05) is 37.8 Å². The van der Waals surface area contributed by atoms with E-state index in [0.29, 0.717) is 0 Å². The van der Waals surface area contributed by atoms with Crippen LogP contribution in [0.1, 0.15) is 31.2 Å². The van der Waals surface area contributed by atoms with Crippen LogP contribution in [-0.2, 0) is 4.79 Å². The highest BCUT2D eigenvalue weighted by Crippen LogP contribution is 2.16. The number of nitrogens with zero attached hydrogens (tertiary/aromatic N) is 1. The van der Waals surface area contributed by atoms with Crippen LogP contribution in [0.4, 0.5) is 5.69 Å². The highest BCUT2D eigenvalue weighted by atomic mass is 32.1. The van der Waals surface area contributed by atoms with Crippen molar-refractivity contribution in [1.29, 1.82) is 0 Å². The first-order chi connectivity index (χ1) is 11.0. The van der Waals surface area contributed by atoms with Crippen LogP contribution in [0.15, 0.2) is 30.8 Å².